The number of fused-ring (bicyclic) bond motifs is 2. The quantitative estimate of drug-likeness (QED) is 0.0102. The lowest BCUT2D eigenvalue weighted by molar-refractivity contribution is -0.140. The number of rotatable bonds is 30. The van der Waals surface area contributed by atoms with Gasteiger partial charge in [-0.25, -0.2) is 14.4 Å². The summed E-state index contributed by atoms with van der Waals surface area (Å²) in [6, 6.07) is 37.8. The van der Waals surface area contributed by atoms with E-state index in [9.17, 15) is 9.59 Å². The second-order valence-electron chi connectivity index (χ2n) is 32.8. The summed E-state index contributed by atoms with van der Waals surface area (Å²) in [6.07, 6.45) is -1.21. The lowest BCUT2D eigenvalue weighted by atomic mass is 9.80. The second-order valence-corrected chi connectivity index (χ2v) is 32.8. The number of hydrogen-bond acceptors (Lipinski definition) is 18. The van der Waals surface area contributed by atoms with Crippen molar-refractivity contribution in [3.05, 3.63) is 225 Å². The summed E-state index contributed by atoms with van der Waals surface area (Å²) in [5, 5.41) is 1.55. The Hall–Kier alpha value is -12.3. The number of aryl methyl sites for hydroxylation is 4. The maximum atomic E-state index is 16.8. The van der Waals surface area contributed by atoms with Gasteiger partial charge in [-0.2, -0.15) is 0 Å². The first-order valence-corrected chi connectivity index (χ1v) is 40.3. The average Bonchev–Trinajstić information content (AvgIpc) is 0.669. The fourth-order valence-corrected chi connectivity index (χ4v) is 15.0. The van der Waals surface area contributed by atoms with Gasteiger partial charge >= 0.3 is 23.9 Å². The molecule has 0 radical (unpaired) electrons. The summed E-state index contributed by atoms with van der Waals surface area (Å²) in [4.78, 5) is 126. The number of esters is 4. The van der Waals surface area contributed by atoms with Crippen LogP contribution in [0.25, 0.3) is 43.1 Å². The van der Waals surface area contributed by atoms with Crippen LogP contribution in [0.1, 0.15) is 226 Å². The molecule has 2 heterocycles. The van der Waals surface area contributed by atoms with Crippen molar-refractivity contribution in [3.8, 4) is 69.0 Å². The molecule has 4 amide bonds. The molecule has 0 N–H and O–H groups in total. The predicted molar refractivity (Wildman–Crippen MR) is 454 cm³/mol. The van der Waals surface area contributed by atoms with E-state index in [1.165, 1.54) is 49.4 Å². The molecule has 0 saturated heterocycles. The Bertz CT molecular complexity index is 5440. The van der Waals surface area contributed by atoms with Crippen molar-refractivity contribution >= 4 is 90.6 Å². The topological polar surface area (TPSA) is 235 Å². The lowest BCUT2D eigenvalue weighted by Crippen LogP contribution is -2.52. The zero-order valence-corrected chi connectivity index (χ0v) is 70.3. The van der Waals surface area contributed by atoms with Crippen molar-refractivity contribution in [2.75, 3.05) is 13.2 Å². The summed E-state index contributed by atoms with van der Waals surface area (Å²) >= 11 is 0. The van der Waals surface area contributed by atoms with Gasteiger partial charge in [0, 0.05) is 86.9 Å². The molecule has 0 aliphatic carbocycles. The van der Waals surface area contributed by atoms with Crippen molar-refractivity contribution < 1.29 is 85.7 Å². The van der Waals surface area contributed by atoms with Crippen LogP contribution in [0, 0.1) is 33.6 Å². The van der Waals surface area contributed by atoms with Gasteiger partial charge in [0.05, 0.1) is 40.4 Å². The van der Waals surface area contributed by atoms with Crippen LogP contribution in [-0.4, -0.2) is 94.8 Å². The molecule has 2 aliphatic heterocycles. The monoisotopic (exact) mass is 1590 g/mol. The van der Waals surface area contributed by atoms with Crippen molar-refractivity contribution in [1.29, 1.82) is 0 Å². The third-order valence-electron chi connectivity index (χ3n) is 21.5. The van der Waals surface area contributed by atoms with E-state index in [0.717, 1.165) is 32.1 Å². The molecule has 0 aromatic heterocycles. The molecule has 2 aliphatic rings. The van der Waals surface area contributed by atoms with Crippen molar-refractivity contribution in [3.63, 3.8) is 0 Å². The third-order valence-corrected chi connectivity index (χ3v) is 21.5. The van der Waals surface area contributed by atoms with E-state index in [0.29, 0.717) is 45.3 Å². The second kappa shape index (κ2) is 34.1. The van der Waals surface area contributed by atoms with E-state index >= 15 is 28.8 Å². The smallest absolute Gasteiger partial charge is 0.338 e. The van der Waals surface area contributed by atoms with Crippen LogP contribution in [0.3, 0.4) is 0 Å². The van der Waals surface area contributed by atoms with E-state index in [2.05, 4.69) is 62.0 Å². The van der Waals surface area contributed by atoms with Crippen LogP contribution < -0.4 is 37.9 Å². The number of imide groups is 2. The first-order chi connectivity index (χ1) is 56.1. The minimum absolute atomic E-state index is 0.0208. The minimum atomic E-state index is -1.69. The standard InChI is InChI=1S/C98H100N2O18/c1-49(2)61-27-31-75(57(17)39-61)115-79-45-69-83-70(92(102)99(91(69)101)73(35-37-109-55(13)14)97(107)113-67-25-21-23-65(43-67)111-95(105)53(9)10)47-81(117-77-33-29-63(51(5)6)41-59(77)19)87-88-82(118-78-34-30-64(52(7)8)42-60(78)20)48-72-84-71(46-80(86(90(84)88)85(79)89(83)87)116-76-32-28-62(50(3)4)40-58(76)18)93(103)100(94(72)104)74(36-38-110-56(15)16)98(108)114-68-26-22-24-66(44-68)112-96(106)54(11)12/h21-34,39-52,54-56,73-74H,9,35-38H2,1-8,10-20H3. The molecule has 2 unspecified atom stereocenters. The van der Waals surface area contributed by atoms with Crippen molar-refractivity contribution in [2.24, 2.45) is 5.92 Å². The fourth-order valence-electron chi connectivity index (χ4n) is 15.0. The lowest BCUT2D eigenvalue weighted by Gasteiger charge is -2.35. The largest absolute Gasteiger partial charge is 0.456 e. The normalized spacial score (nSPS) is 13.4. The summed E-state index contributed by atoms with van der Waals surface area (Å²) in [7, 11) is 0. The number of ether oxygens (including phenoxy) is 10. The van der Waals surface area contributed by atoms with Gasteiger partial charge in [-0.1, -0.05) is 136 Å². The zero-order chi connectivity index (χ0) is 84.9. The Morgan fingerprint density at radius 3 is 0.847 bits per heavy atom. The summed E-state index contributed by atoms with van der Waals surface area (Å²) < 4.78 is 65.8. The molecule has 118 heavy (non-hydrogen) atoms. The van der Waals surface area contributed by atoms with E-state index in [4.69, 9.17) is 47.4 Å². The summed E-state index contributed by atoms with van der Waals surface area (Å²) in [6.45, 7) is 39.8. The SMILES string of the molecule is C=C(C)C(=O)Oc1cccc(OC(=O)C(CCOC(C)C)N2C(=O)c3cc(Oc4ccc(C(C)C)cc4C)c4c5c(Oc6ccc(C(C)C)cc6C)cc6c7c(cc(Oc8ccc(C(C)C)cc8C)c(c8c(Oc9ccc(C(C)C)cc9C)cc(c3c48)C2=O)c75)C(=O)N(C(CCOC(C)C)C(=O)Oc2cccc(OC(=O)C(C)C)c2)C6=O)c1. The first-order valence-electron chi connectivity index (χ1n) is 40.3. The number of benzene rings is 11. The highest BCUT2D eigenvalue weighted by Gasteiger charge is 2.47. The van der Waals surface area contributed by atoms with E-state index in [-0.39, 0.29) is 179 Å². The number of amides is 4. The van der Waals surface area contributed by atoms with Gasteiger partial charge in [0.2, 0.25) is 0 Å². The average molecular weight is 1590 g/mol. The van der Waals surface area contributed by atoms with Crippen LogP contribution in [0.15, 0.2) is 158 Å². The number of nitrogens with zero attached hydrogens (tertiary/aromatic N) is 2. The van der Waals surface area contributed by atoms with E-state index in [1.807, 2.05) is 128 Å². The molecule has 11 aromatic carbocycles. The number of carbonyl (C=O) groups excluding carboxylic acids is 8. The van der Waals surface area contributed by atoms with Gasteiger partial charge in [-0.05, 0) is 203 Å². The molecule has 13 rings (SSSR count). The maximum Gasteiger partial charge on any atom is 0.338 e. The fraction of sp³-hybridized carbons (Fsp3) is 0.327. The van der Waals surface area contributed by atoms with Gasteiger partial charge in [-0.15, -0.1) is 0 Å². The Morgan fingerprint density at radius 1 is 0.331 bits per heavy atom. The Morgan fingerprint density at radius 2 is 0.602 bits per heavy atom. The molecule has 0 fully saturated rings. The molecule has 2 atom stereocenters. The van der Waals surface area contributed by atoms with Crippen molar-refractivity contribution in [2.45, 2.75) is 192 Å². The Balaban J connectivity index is 1.18. The van der Waals surface area contributed by atoms with Crippen molar-refractivity contribution in [1.82, 2.24) is 9.80 Å². The third kappa shape index (κ3) is 16.7. The molecule has 0 bridgehead atoms. The number of carbonyl (C=O) groups is 8. The van der Waals surface area contributed by atoms with Crippen LogP contribution in [0.5, 0.6) is 69.0 Å². The molecule has 20 heteroatoms. The predicted octanol–water partition coefficient (Wildman–Crippen LogP) is 22.4. The van der Waals surface area contributed by atoms with Crippen LogP contribution >= 0.6 is 0 Å². The minimum Gasteiger partial charge on any atom is -0.456 e. The number of hydrogen-bond donors (Lipinski definition) is 0. The van der Waals surface area contributed by atoms with Gasteiger partial charge in [0.1, 0.15) is 81.1 Å². The molecule has 20 nitrogen and oxygen atoms in total. The molecule has 11 aromatic rings. The highest BCUT2D eigenvalue weighted by atomic mass is 16.6. The molecular formula is C98H100N2O18. The van der Waals surface area contributed by atoms with E-state index < -0.39 is 65.5 Å². The highest BCUT2D eigenvalue weighted by molar-refractivity contribution is 6.45. The molecule has 610 valence electrons. The summed E-state index contributed by atoms with van der Waals surface area (Å²) in [5.41, 5.74) is 6.57. The first kappa shape index (κ1) is 83.7. The van der Waals surface area contributed by atoms with Crippen LogP contribution in [0.2, 0.25) is 0 Å². The Labute approximate surface area is 687 Å². The molecular weight excluding hydrogens is 1490 g/mol. The van der Waals surface area contributed by atoms with Gasteiger partial charge < -0.3 is 47.4 Å². The molecule has 0 spiro atoms. The van der Waals surface area contributed by atoms with Gasteiger partial charge in [0.15, 0.2) is 0 Å². The Kier molecular flexibility index (Phi) is 24.2. The molecule has 0 saturated carbocycles. The zero-order valence-electron chi connectivity index (χ0n) is 70.3. The van der Waals surface area contributed by atoms with E-state index in [1.54, 1.807) is 44.2 Å². The maximum absolute atomic E-state index is 16.8. The van der Waals surface area contributed by atoms with Crippen LogP contribution in [-0.2, 0) is 28.7 Å². The van der Waals surface area contributed by atoms with Gasteiger partial charge in [-0.3, -0.25) is 33.8 Å². The van der Waals surface area contributed by atoms with Crippen LogP contribution in [0.4, 0.5) is 0 Å². The summed E-state index contributed by atoms with van der Waals surface area (Å²) in [5.74, 6) is -5.58. The van der Waals surface area contributed by atoms with Gasteiger partial charge in [0.25, 0.3) is 23.6 Å². The highest BCUT2D eigenvalue weighted by Crippen LogP contribution is 2.59.